The molecule has 7 nitrogen and oxygen atoms in total. The van der Waals surface area contributed by atoms with E-state index in [2.05, 4.69) is 11.4 Å². The Labute approximate surface area is 206 Å². The molecule has 0 heterocycles. The lowest BCUT2D eigenvalue weighted by atomic mass is 9.97. The van der Waals surface area contributed by atoms with Crippen molar-refractivity contribution < 1.29 is 22.7 Å². The second-order valence-electron chi connectivity index (χ2n) is 8.19. The number of anilines is 1. The van der Waals surface area contributed by atoms with Crippen LogP contribution >= 0.6 is 11.6 Å². The summed E-state index contributed by atoms with van der Waals surface area (Å²) < 4.78 is 39.1. The summed E-state index contributed by atoms with van der Waals surface area (Å²) in [4.78, 5) is 12.8. The largest absolute Gasteiger partial charge is 0.495 e. The van der Waals surface area contributed by atoms with E-state index in [1.165, 1.54) is 44.8 Å². The molecule has 1 amide bonds. The Balaban J connectivity index is 1.89. The zero-order valence-electron chi connectivity index (χ0n) is 19.8. The molecule has 0 fully saturated rings. The minimum absolute atomic E-state index is 0.0258. The van der Waals surface area contributed by atoms with Gasteiger partial charge in [-0.3, -0.25) is 9.10 Å². The Kier molecular flexibility index (Phi) is 8.85. The van der Waals surface area contributed by atoms with Gasteiger partial charge in [-0.25, -0.2) is 8.42 Å². The summed E-state index contributed by atoms with van der Waals surface area (Å²) in [5.74, 6) is 0.194. The fraction of sp³-hybridized carbons (Fsp3) is 0.400. The Morgan fingerprint density at radius 1 is 1.09 bits per heavy atom. The average molecular weight is 507 g/mol. The Morgan fingerprint density at radius 3 is 2.47 bits per heavy atom. The monoisotopic (exact) mass is 506 g/mol. The molecule has 1 aliphatic carbocycles. The highest BCUT2D eigenvalue weighted by Crippen LogP contribution is 2.34. The van der Waals surface area contributed by atoms with Gasteiger partial charge in [0.1, 0.15) is 22.9 Å². The predicted molar refractivity (Wildman–Crippen MR) is 134 cm³/mol. The van der Waals surface area contributed by atoms with Crippen LogP contribution in [0.1, 0.15) is 37.7 Å². The minimum Gasteiger partial charge on any atom is -0.495 e. The van der Waals surface area contributed by atoms with E-state index < -0.39 is 22.5 Å². The summed E-state index contributed by atoms with van der Waals surface area (Å²) in [5.41, 5.74) is 2.33. The molecule has 2 aromatic carbocycles. The first-order chi connectivity index (χ1) is 16.3. The maximum Gasteiger partial charge on any atom is 0.268 e. The van der Waals surface area contributed by atoms with Gasteiger partial charge in [0.05, 0.1) is 24.9 Å². The predicted octanol–water partition coefficient (Wildman–Crippen LogP) is 4.87. The summed E-state index contributed by atoms with van der Waals surface area (Å²) in [7, 11) is -1.28. The molecular formula is C25H31ClN2O5S. The number of sulfonamides is 1. The van der Waals surface area contributed by atoms with Gasteiger partial charge in [-0.1, -0.05) is 29.3 Å². The van der Waals surface area contributed by atoms with Gasteiger partial charge in [-0.05, 0) is 74.9 Å². The van der Waals surface area contributed by atoms with Gasteiger partial charge in [-0.15, -0.1) is 0 Å². The molecule has 2 aromatic rings. The number of nitrogens with one attached hydrogen (secondary N) is 1. The van der Waals surface area contributed by atoms with Crippen molar-refractivity contribution in [3.63, 3.8) is 0 Å². The molecule has 0 saturated carbocycles. The van der Waals surface area contributed by atoms with E-state index in [0.29, 0.717) is 12.3 Å². The maximum absolute atomic E-state index is 13.8. The van der Waals surface area contributed by atoms with Crippen LogP contribution in [0.2, 0.25) is 5.02 Å². The van der Waals surface area contributed by atoms with Gasteiger partial charge < -0.3 is 14.8 Å². The number of allylic oxidation sites excluding steroid dienone is 1. The van der Waals surface area contributed by atoms with Crippen molar-refractivity contribution in [1.29, 1.82) is 0 Å². The third-order valence-corrected chi connectivity index (χ3v) is 7.84. The van der Waals surface area contributed by atoms with E-state index in [0.717, 1.165) is 29.1 Å². The number of hydrogen-bond acceptors (Lipinski definition) is 5. The van der Waals surface area contributed by atoms with E-state index in [1.807, 2.05) is 0 Å². The molecule has 1 N–H and O–H groups in total. The van der Waals surface area contributed by atoms with Gasteiger partial charge in [0.15, 0.2) is 0 Å². The molecule has 0 aliphatic heterocycles. The zero-order chi connectivity index (χ0) is 24.7. The van der Waals surface area contributed by atoms with Gasteiger partial charge in [0.2, 0.25) is 5.91 Å². The number of nitrogens with zero attached hydrogens (tertiary/aromatic N) is 1. The van der Waals surface area contributed by atoms with Crippen molar-refractivity contribution in [2.45, 2.75) is 43.9 Å². The first kappa shape index (κ1) is 25.9. The van der Waals surface area contributed by atoms with Gasteiger partial charge >= 0.3 is 0 Å². The second-order valence-corrected chi connectivity index (χ2v) is 10.4. The molecule has 1 aliphatic rings. The Morgan fingerprint density at radius 2 is 1.82 bits per heavy atom. The first-order valence-corrected chi connectivity index (χ1v) is 13.0. The lowest BCUT2D eigenvalue weighted by molar-refractivity contribution is -0.119. The van der Waals surface area contributed by atoms with Crippen LogP contribution in [0.25, 0.3) is 0 Å². The number of methoxy groups -OCH3 is 2. The number of carbonyl (C=O) groups is 1. The lowest BCUT2D eigenvalue weighted by Crippen LogP contribution is -2.41. The first-order valence-electron chi connectivity index (χ1n) is 11.2. The summed E-state index contributed by atoms with van der Waals surface area (Å²) >= 11 is 6.28. The number of amides is 1. The molecule has 9 heteroatoms. The summed E-state index contributed by atoms with van der Waals surface area (Å²) in [6.45, 7) is 1.84. The van der Waals surface area contributed by atoms with Gasteiger partial charge in [0.25, 0.3) is 10.0 Å². The zero-order valence-corrected chi connectivity index (χ0v) is 21.3. The summed E-state index contributed by atoms with van der Waals surface area (Å²) in [5, 5.41) is 3.09. The van der Waals surface area contributed by atoms with Crippen LogP contribution in [0.4, 0.5) is 5.69 Å². The SMILES string of the molecule is COc1ccc(N(CC(=O)NCCC2=CCCCC2)S(=O)(=O)c2cc(C)ccc2OC)cc1Cl. The third kappa shape index (κ3) is 6.24. The number of carbonyl (C=O) groups excluding carboxylic acids is 1. The van der Waals surface area contributed by atoms with E-state index in [4.69, 9.17) is 21.1 Å². The Hall–Kier alpha value is -2.71. The second kappa shape index (κ2) is 11.6. The molecule has 3 rings (SSSR count). The number of benzene rings is 2. The van der Waals surface area contributed by atoms with Gasteiger partial charge in [0, 0.05) is 6.54 Å². The van der Waals surface area contributed by atoms with Crippen molar-refractivity contribution in [3.8, 4) is 11.5 Å². The highest BCUT2D eigenvalue weighted by Gasteiger charge is 2.30. The molecule has 184 valence electrons. The maximum atomic E-state index is 13.8. The fourth-order valence-electron chi connectivity index (χ4n) is 3.91. The molecule has 0 saturated heterocycles. The van der Waals surface area contributed by atoms with Crippen LogP contribution in [0, 0.1) is 6.92 Å². The van der Waals surface area contributed by atoms with Crippen LogP contribution in [-0.4, -0.2) is 41.6 Å². The smallest absolute Gasteiger partial charge is 0.268 e. The lowest BCUT2D eigenvalue weighted by Gasteiger charge is -2.25. The van der Waals surface area contributed by atoms with Crippen molar-refractivity contribution in [2.75, 3.05) is 31.6 Å². The van der Waals surface area contributed by atoms with Gasteiger partial charge in [-0.2, -0.15) is 0 Å². The van der Waals surface area contributed by atoms with E-state index in [9.17, 15) is 13.2 Å². The van der Waals surface area contributed by atoms with Crippen LogP contribution in [0.3, 0.4) is 0 Å². The topological polar surface area (TPSA) is 84.9 Å². The fourth-order valence-corrected chi connectivity index (χ4v) is 5.82. The number of hydrogen-bond donors (Lipinski definition) is 1. The van der Waals surface area contributed by atoms with Crippen molar-refractivity contribution in [3.05, 3.63) is 58.6 Å². The van der Waals surface area contributed by atoms with Crippen LogP contribution in [-0.2, 0) is 14.8 Å². The Bertz CT molecular complexity index is 1160. The van der Waals surface area contributed by atoms with E-state index in [1.54, 1.807) is 31.2 Å². The molecular weight excluding hydrogens is 476 g/mol. The number of aryl methyl sites for hydroxylation is 1. The normalized spacial score (nSPS) is 13.7. The molecule has 34 heavy (non-hydrogen) atoms. The molecule has 0 spiro atoms. The van der Waals surface area contributed by atoms with Crippen molar-refractivity contribution in [2.24, 2.45) is 0 Å². The molecule has 0 aromatic heterocycles. The van der Waals surface area contributed by atoms with Crippen LogP contribution < -0.4 is 19.1 Å². The highest BCUT2D eigenvalue weighted by molar-refractivity contribution is 7.93. The van der Waals surface area contributed by atoms with E-state index >= 15 is 0 Å². The standard InChI is InChI=1S/C25H31ClN2O5S/c1-18-9-11-23(33-3)24(15-18)34(30,31)28(20-10-12-22(32-2)21(26)16-20)17-25(29)27-14-13-19-7-5-4-6-8-19/h7,9-12,15-16H,4-6,8,13-14,17H2,1-3H3,(H,27,29). The van der Waals surface area contributed by atoms with Crippen molar-refractivity contribution >= 4 is 33.2 Å². The molecule has 0 unspecified atom stereocenters. The number of ether oxygens (including phenoxy) is 2. The van der Waals surface area contributed by atoms with Crippen LogP contribution in [0.15, 0.2) is 52.9 Å². The van der Waals surface area contributed by atoms with Crippen LogP contribution in [0.5, 0.6) is 11.5 Å². The number of halogens is 1. The minimum atomic E-state index is -4.16. The average Bonchev–Trinajstić information content (AvgIpc) is 2.83. The number of rotatable bonds is 10. The van der Waals surface area contributed by atoms with Crippen molar-refractivity contribution in [1.82, 2.24) is 5.32 Å². The summed E-state index contributed by atoms with van der Waals surface area (Å²) in [6, 6.07) is 9.49. The molecule has 0 radical (unpaired) electrons. The quantitative estimate of drug-likeness (QED) is 0.465. The molecule has 0 atom stereocenters. The summed E-state index contributed by atoms with van der Waals surface area (Å²) in [6.07, 6.45) is 7.49. The highest BCUT2D eigenvalue weighted by atomic mass is 35.5. The third-order valence-electron chi connectivity index (χ3n) is 5.75. The molecule has 0 bridgehead atoms. The van der Waals surface area contributed by atoms with E-state index in [-0.39, 0.29) is 21.4 Å².